The number of carbonyl (C=O) groups excluding carboxylic acids is 1. The molecule has 0 spiro atoms. The zero-order valence-corrected chi connectivity index (χ0v) is 10.4. The van der Waals surface area contributed by atoms with Crippen LogP contribution in [0.15, 0.2) is 22.0 Å². The predicted molar refractivity (Wildman–Crippen MR) is 63.8 cm³/mol. The molecular formula is C12H12FNO2S. The van der Waals surface area contributed by atoms with E-state index in [0.717, 1.165) is 17.7 Å². The maximum Gasteiger partial charge on any atom is 0.235 e. The quantitative estimate of drug-likeness (QED) is 0.470. The van der Waals surface area contributed by atoms with E-state index in [1.54, 1.807) is 6.08 Å². The summed E-state index contributed by atoms with van der Waals surface area (Å²) < 4.78 is 18.8. The van der Waals surface area contributed by atoms with Crippen molar-refractivity contribution in [2.75, 3.05) is 13.4 Å². The molecule has 0 amide bonds. The highest BCUT2D eigenvalue weighted by atomic mass is 32.2. The largest absolute Gasteiger partial charge is 0.495 e. The number of thioether (sulfide) groups is 1. The Morgan fingerprint density at radius 3 is 2.71 bits per heavy atom. The highest BCUT2D eigenvalue weighted by Crippen LogP contribution is 2.53. The fourth-order valence-electron chi connectivity index (χ4n) is 1.92. The van der Waals surface area contributed by atoms with Gasteiger partial charge in [-0.25, -0.2) is 9.18 Å². The van der Waals surface area contributed by atoms with E-state index in [1.807, 2.05) is 6.26 Å². The molecule has 1 fully saturated rings. The molecule has 0 unspecified atom stereocenters. The van der Waals surface area contributed by atoms with E-state index in [2.05, 4.69) is 4.99 Å². The average molecular weight is 253 g/mol. The van der Waals surface area contributed by atoms with Crippen LogP contribution in [-0.4, -0.2) is 19.4 Å². The van der Waals surface area contributed by atoms with Crippen LogP contribution in [0.1, 0.15) is 18.4 Å². The Kier molecular flexibility index (Phi) is 3.22. The molecule has 1 aliphatic rings. The number of nitrogens with zero attached hydrogens (tertiary/aromatic N) is 1. The van der Waals surface area contributed by atoms with Crippen LogP contribution in [0.2, 0.25) is 0 Å². The third kappa shape index (κ3) is 2.08. The summed E-state index contributed by atoms with van der Waals surface area (Å²) in [5.74, 6) is 0.271. The van der Waals surface area contributed by atoms with E-state index in [0.29, 0.717) is 11.3 Å². The Hall–Kier alpha value is -1.32. The predicted octanol–water partition coefficient (Wildman–Crippen LogP) is 2.88. The van der Waals surface area contributed by atoms with Crippen molar-refractivity contribution in [1.29, 1.82) is 0 Å². The van der Waals surface area contributed by atoms with Crippen molar-refractivity contribution in [3.05, 3.63) is 23.5 Å². The SMILES string of the molecule is COc1c(SC)cc(F)cc1C1(N=C=O)CC1. The molecule has 0 atom stereocenters. The fraction of sp³-hybridized carbons (Fsp3) is 0.417. The van der Waals surface area contributed by atoms with Gasteiger partial charge in [-0.1, -0.05) is 0 Å². The first-order valence-electron chi connectivity index (χ1n) is 5.18. The zero-order chi connectivity index (χ0) is 12.5. The maximum atomic E-state index is 13.5. The first kappa shape index (κ1) is 12.1. The van der Waals surface area contributed by atoms with Crippen LogP contribution < -0.4 is 4.74 Å². The molecule has 1 aliphatic carbocycles. The van der Waals surface area contributed by atoms with Gasteiger partial charge in [0.05, 0.1) is 12.0 Å². The molecule has 90 valence electrons. The van der Waals surface area contributed by atoms with Gasteiger partial charge in [-0.3, -0.25) is 0 Å². The normalized spacial score (nSPS) is 16.2. The van der Waals surface area contributed by atoms with Crippen LogP contribution in [0, 0.1) is 5.82 Å². The van der Waals surface area contributed by atoms with E-state index in [4.69, 9.17) is 4.74 Å². The van der Waals surface area contributed by atoms with Crippen molar-refractivity contribution >= 4 is 17.8 Å². The molecule has 0 radical (unpaired) electrons. The van der Waals surface area contributed by atoms with Crippen LogP contribution in [0.4, 0.5) is 4.39 Å². The first-order valence-corrected chi connectivity index (χ1v) is 6.40. The van der Waals surface area contributed by atoms with E-state index < -0.39 is 5.54 Å². The Balaban J connectivity index is 2.60. The van der Waals surface area contributed by atoms with Gasteiger partial charge in [-0.05, 0) is 31.2 Å². The molecule has 0 heterocycles. The second-order valence-electron chi connectivity index (χ2n) is 3.92. The molecule has 3 nitrogen and oxygen atoms in total. The van der Waals surface area contributed by atoms with E-state index in [1.165, 1.54) is 31.0 Å². The molecule has 0 aromatic heterocycles. The van der Waals surface area contributed by atoms with Gasteiger partial charge >= 0.3 is 0 Å². The van der Waals surface area contributed by atoms with Crippen molar-refractivity contribution in [3.8, 4) is 5.75 Å². The number of hydrogen-bond donors (Lipinski definition) is 0. The number of hydrogen-bond acceptors (Lipinski definition) is 4. The Labute approximate surface area is 103 Å². The van der Waals surface area contributed by atoms with Gasteiger partial charge in [0.25, 0.3) is 0 Å². The Morgan fingerprint density at radius 1 is 1.53 bits per heavy atom. The molecule has 2 rings (SSSR count). The van der Waals surface area contributed by atoms with Crippen LogP contribution >= 0.6 is 11.8 Å². The summed E-state index contributed by atoms with van der Waals surface area (Å²) in [4.78, 5) is 15.0. The summed E-state index contributed by atoms with van der Waals surface area (Å²) in [6.07, 6.45) is 4.88. The maximum absolute atomic E-state index is 13.5. The summed E-state index contributed by atoms with van der Waals surface area (Å²) in [7, 11) is 1.54. The number of isocyanates is 1. The molecule has 5 heteroatoms. The molecule has 0 aliphatic heterocycles. The van der Waals surface area contributed by atoms with E-state index in [9.17, 15) is 9.18 Å². The lowest BCUT2D eigenvalue weighted by Gasteiger charge is -2.16. The monoisotopic (exact) mass is 253 g/mol. The van der Waals surface area contributed by atoms with Gasteiger partial charge < -0.3 is 4.74 Å². The number of halogens is 1. The van der Waals surface area contributed by atoms with Crippen molar-refractivity contribution in [1.82, 2.24) is 0 Å². The molecule has 1 aromatic rings. The molecule has 0 N–H and O–H groups in total. The summed E-state index contributed by atoms with van der Waals surface area (Å²) in [5.41, 5.74) is 0.0346. The van der Waals surface area contributed by atoms with Crippen LogP contribution in [-0.2, 0) is 10.3 Å². The molecule has 1 saturated carbocycles. The topological polar surface area (TPSA) is 38.7 Å². The molecule has 1 aromatic carbocycles. The van der Waals surface area contributed by atoms with Crippen LogP contribution in [0.25, 0.3) is 0 Å². The molecule has 0 bridgehead atoms. The number of ether oxygens (including phenoxy) is 1. The number of aliphatic imine (C=N–C) groups is 1. The van der Waals surface area contributed by atoms with Crippen molar-refractivity contribution in [2.45, 2.75) is 23.3 Å². The van der Waals surface area contributed by atoms with Gasteiger partial charge in [0.15, 0.2) is 0 Å². The fourth-order valence-corrected chi connectivity index (χ4v) is 2.53. The minimum atomic E-state index is -0.611. The third-order valence-corrected chi connectivity index (χ3v) is 3.67. The summed E-state index contributed by atoms with van der Waals surface area (Å²) in [6, 6.07) is 2.82. The number of methoxy groups -OCH3 is 1. The number of rotatable bonds is 4. The minimum absolute atomic E-state index is 0.336. The smallest absolute Gasteiger partial charge is 0.235 e. The van der Waals surface area contributed by atoms with Gasteiger partial charge in [-0.2, -0.15) is 4.99 Å². The first-order chi connectivity index (χ1) is 8.16. The molecule has 17 heavy (non-hydrogen) atoms. The van der Waals surface area contributed by atoms with Gasteiger partial charge in [0.2, 0.25) is 6.08 Å². The molecular weight excluding hydrogens is 241 g/mol. The van der Waals surface area contributed by atoms with Crippen LogP contribution in [0.5, 0.6) is 5.75 Å². The second-order valence-corrected chi connectivity index (χ2v) is 4.77. The summed E-state index contributed by atoms with van der Waals surface area (Å²) in [6.45, 7) is 0. The zero-order valence-electron chi connectivity index (χ0n) is 9.62. The lowest BCUT2D eigenvalue weighted by atomic mass is 10.0. The van der Waals surface area contributed by atoms with Gasteiger partial charge in [-0.15, -0.1) is 11.8 Å². The third-order valence-electron chi connectivity index (χ3n) is 2.93. The Morgan fingerprint density at radius 2 is 2.24 bits per heavy atom. The average Bonchev–Trinajstić information content (AvgIpc) is 3.09. The van der Waals surface area contributed by atoms with Gasteiger partial charge in [0, 0.05) is 5.56 Å². The minimum Gasteiger partial charge on any atom is -0.495 e. The van der Waals surface area contributed by atoms with Crippen molar-refractivity contribution in [2.24, 2.45) is 4.99 Å². The van der Waals surface area contributed by atoms with E-state index in [-0.39, 0.29) is 5.82 Å². The second kappa shape index (κ2) is 4.51. The molecule has 0 saturated heterocycles. The van der Waals surface area contributed by atoms with Crippen molar-refractivity contribution in [3.63, 3.8) is 0 Å². The van der Waals surface area contributed by atoms with Crippen LogP contribution in [0.3, 0.4) is 0 Å². The number of benzene rings is 1. The van der Waals surface area contributed by atoms with Gasteiger partial charge in [0.1, 0.15) is 17.1 Å². The highest BCUT2D eigenvalue weighted by molar-refractivity contribution is 7.98. The summed E-state index contributed by atoms with van der Waals surface area (Å²) >= 11 is 1.41. The standard InChI is InChI=1S/C12H12FNO2S/c1-16-11-9(12(3-4-12)14-7-15)5-8(13)6-10(11)17-2/h5-6H,3-4H2,1-2H3. The lowest BCUT2D eigenvalue weighted by Crippen LogP contribution is -2.07. The highest BCUT2D eigenvalue weighted by Gasteiger charge is 2.47. The van der Waals surface area contributed by atoms with E-state index >= 15 is 0 Å². The van der Waals surface area contributed by atoms with Crippen molar-refractivity contribution < 1.29 is 13.9 Å². The summed E-state index contributed by atoms with van der Waals surface area (Å²) in [5, 5.41) is 0. The lowest BCUT2D eigenvalue weighted by molar-refractivity contribution is 0.392. The Bertz CT molecular complexity index is 494.